The Morgan fingerprint density at radius 1 is 0.739 bits per heavy atom. The Bertz CT molecular complexity index is 981. The molecule has 1 aliphatic rings. The second-order valence-electron chi connectivity index (χ2n) is 6.50. The molecule has 3 aromatic carbocycles. The van der Waals surface area contributed by atoms with Crippen molar-refractivity contribution >= 4 is 30.4 Å². The number of hydrogen-bond acceptors (Lipinski definition) is 0. The molecule has 0 amide bonds. The molecule has 0 unspecified atom stereocenters. The summed E-state index contributed by atoms with van der Waals surface area (Å²) in [4.78, 5) is 0. The summed E-state index contributed by atoms with van der Waals surface area (Å²) in [5.74, 6) is 0. The molecular formula is C22H20Si. The van der Waals surface area contributed by atoms with Crippen LogP contribution in [0.5, 0.6) is 0 Å². The van der Waals surface area contributed by atoms with Crippen LogP contribution in [0.15, 0.2) is 66.2 Å². The van der Waals surface area contributed by atoms with E-state index in [1.807, 2.05) is 0 Å². The predicted molar refractivity (Wildman–Crippen MR) is 105 cm³/mol. The summed E-state index contributed by atoms with van der Waals surface area (Å²) >= 11 is 0. The number of rotatable bonds is 1. The normalized spacial score (nSPS) is 13.2. The van der Waals surface area contributed by atoms with E-state index in [2.05, 4.69) is 86.8 Å². The topological polar surface area (TPSA) is 0 Å². The SMILES string of the molecule is CC1=Cc2cccc(-c3cccc4ccccc34)c2C1=[Si](C)C. The fourth-order valence-corrected chi connectivity index (χ4v) is 5.44. The van der Waals surface area contributed by atoms with Crippen LogP contribution in [0.3, 0.4) is 0 Å². The minimum atomic E-state index is -0.506. The Kier molecular flexibility index (Phi) is 3.39. The lowest BCUT2D eigenvalue weighted by molar-refractivity contribution is 1.61. The van der Waals surface area contributed by atoms with E-state index in [1.165, 1.54) is 38.6 Å². The monoisotopic (exact) mass is 312 g/mol. The highest BCUT2D eigenvalue weighted by atomic mass is 28.2. The second-order valence-corrected chi connectivity index (χ2v) is 9.00. The number of hydrogen-bond donors (Lipinski definition) is 0. The van der Waals surface area contributed by atoms with E-state index in [1.54, 1.807) is 5.17 Å². The zero-order valence-corrected chi connectivity index (χ0v) is 14.9. The van der Waals surface area contributed by atoms with E-state index in [-0.39, 0.29) is 0 Å². The number of allylic oxidation sites excluding steroid dienone is 1. The van der Waals surface area contributed by atoms with Gasteiger partial charge in [0.15, 0.2) is 0 Å². The van der Waals surface area contributed by atoms with Crippen LogP contribution in [0.2, 0.25) is 13.1 Å². The van der Waals surface area contributed by atoms with Crippen molar-refractivity contribution < 1.29 is 0 Å². The molecule has 3 aromatic rings. The van der Waals surface area contributed by atoms with Crippen LogP contribution in [-0.2, 0) is 0 Å². The van der Waals surface area contributed by atoms with E-state index < -0.39 is 8.41 Å². The Hall–Kier alpha value is -2.25. The van der Waals surface area contributed by atoms with Crippen LogP contribution in [0.4, 0.5) is 0 Å². The molecule has 0 saturated carbocycles. The Morgan fingerprint density at radius 2 is 1.43 bits per heavy atom. The first-order valence-electron chi connectivity index (χ1n) is 8.14. The molecule has 0 nitrogen and oxygen atoms in total. The number of benzene rings is 3. The molecule has 0 aromatic heterocycles. The molecule has 0 heterocycles. The summed E-state index contributed by atoms with van der Waals surface area (Å²) in [5.41, 5.74) is 7.04. The van der Waals surface area contributed by atoms with E-state index >= 15 is 0 Å². The average Bonchev–Trinajstić information content (AvgIpc) is 2.90. The quantitative estimate of drug-likeness (QED) is 0.500. The van der Waals surface area contributed by atoms with Crippen molar-refractivity contribution in [3.05, 3.63) is 77.4 Å². The van der Waals surface area contributed by atoms with Crippen molar-refractivity contribution in [2.45, 2.75) is 20.0 Å². The Balaban J connectivity index is 2.07. The van der Waals surface area contributed by atoms with Gasteiger partial charge in [0, 0.05) is 8.41 Å². The molecule has 0 fully saturated rings. The lowest BCUT2D eigenvalue weighted by Gasteiger charge is -2.15. The van der Waals surface area contributed by atoms with E-state index in [4.69, 9.17) is 0 Å². The first-order chi connectivity index (χ1) is 11.2. The van der Waals surface area contributed by atoms with Crippen molar-refractivity contribution in [1.29, 1.82) is 0 Å². The molecule has 1 aliphatic carbocycles. The van der Waals surface area contributed by atoms with E-state index in [0.717, 1.165) is 0 Å². The lowest BCUT2D eigenvalue weighted by atomic mass is 9.92. The number of fused-ring (bicyclic) bond motifs is 2. The first-order valence-corrected chi connectivity index (χ1v) is 10.6. The summed E-state index contributed by atoms with van der Waals surface area (Å²) < 4.78 is 0. The van der Waals surface area contributed by atoms with E-state index in [0.29, 0.717) is 0 Å². The molecule has 0 saturated heterocycles. The van der Waals surface area contributed by atoms with Gasteiger partial charge < -0.3 is 0 Å². The van der Waals surface area contributed by atoms with Crippen molar-refractivity contribution in [1.82, 2.24) is 0 Å². The standard InChI is InChI=1S/C22H20Si/c1-15-14-17-10-7-13-20(21(17)22(15)23(2)3)19-12-6-9-16-8-4-5-11-18(16)19/h4-14H,1-3H3. The van der Waals surface area contributed by atoms with Crippen LogP contribution >= 0.6 is 0 Å². The van der Waals surface area contributed by atoms with Gasteiger partial charge in [0.25, 0.3) is 0 Å². The maximum atomic E-state index is 2.40. The van der Waals surface area contributed by atoms with Gasteiger partial charge >= 0.3 is 0 Å². The van der Waals surface area contributed by atoms with Crippen LogP contribution < -0.4 is 0 Å². The minimum absolute atomic E-state index is 0.506. The highest BCUT2D eigenvalue weighted by Crippen LogP contribution is 2.37. The average molecular weight is 312 g/mol. The third-order valence-corrected chi connectivity index (χ3v) is 6.34. The zero-order valence-electron chi connectivity index (χ0n) is 13.9. The molecule has 0 N–H and O–H groups in total. The molecule has 23 heavy (non-hydrogen) atoms. The highest BCUT2D eigenvalue weighted by Gasteiger charge is 2.21. The molecule has 0 aliphatic heterocycles. The van der Waals surface area contributed by atoms with Crippen molar-refractivity contribution in [3.63, 3.8) is 0 Å². The van der Waals surface area contributed by atoms with Crippen LogP contribution in [0.25, 0.3) is 28.0 Å². The van der Waals surface area contributed by atoms with Gasteiger partial charge in [-0.3, -0.25) is 0 Å². The molecule has 0 bridgehead atoms. The van der Waals surface area contributed by atoms with Crippen LogP contribution in [0.1, 0.15) is 18.1 Å². The maximum Gasteiger partial charge on any atom is 0.0140 e. The zero-order chi connectivity index (χ0) is 16.0. The molecule has 0 atom stereocenters. The van der Waals surface area contributed by atoms with Gasteiger partial charge in [0.2, 0.25) is 0 Å². The molecular weight excluding hydrogens is 292 g/mol. The Labute approximate surface area is 139 Å². The second kappa shape index (κ2) is 5.43. The third kappa shape index (κ3) is 2.24. The largest absolute Gasteiger partial charge is 0.0616 e. The van der Waals surface area contributed by atoms with E-state index in [9.17, 15) is 0 Å². The summed E-state index contributed by atoms with van der Waals surface area (Å²) in [6, 6.07) is 22.1. The van der Waals surface area contributed by atoms with Crippen molar-refractivity contribution in [3.8, 4) is 11.1 Å². The molecule has 0 radical (unpaired) electrons. The smallest absolute Gasteiger partial charge is 0.0140 e. The van der Waals surface area contributed by atoms with Gasteiger partial charge in [-0.15, -0.1) is 0 Å². The fourth-order valence-electron chi connectivity index (χ4n) is 3.80. The summed E-state index contributed by atoms with van der Waals surface area (Å²) in [5, 5.41) is 4.24. The van der Waals surface area contributed by atoms with Gasteiger partial charge in [-0.05, 0) is 50.7 Å². The van der Waals surface area contributed by atoms with Gasteiger partial charge in [-0.2, -0.15) is 0 Å². The fraction of sp³-hybridized carbons (Fsp3) is 0.136. The van der Waals surface area contributed by atoms with Crippen LogP contribution in [0, 0.1) is 0 Å². The first kappa shape index (κ1) is 14.3. The summed E-state index contributed by atoms with van der Waals surface area (Å²) in [7, 11) is -0.506. The Morgan fingerprint density at radius 3 is 2.26 bits per heavy atom. The summed E-state index contributed by atoms with van der Waals surface area (Å²) in [6.45, 7) is 7.05. The lowest BCUT2D eigenvalue weighted by Crippen LogP contribution is -2.11. The van der Waals surface area contributed by atoms with Gasteiger partial charge in [-0.25, -0.2) is 0 Å². The molecule has 0 spiro atoms. The van der Waals surface area contributed by atoms with Gasteiger partial charge in [0.1, 0.15) is 0 Å². The molecule has 112 valence electrons. The maximum absolute atomic E-state index is 2.40. The highest BCUT2D eigenvalue weighted by molar-refractivity contribution is 6.76. The minimum Gasteiger partial charge on any atom is -0.0616 e. The van der Waals surface area contributed by atoms with Crippen molar-refractivity contribution in [2.75, 3.05) is 0 Å². The van der Waals surface area contributed by atoms with Gasteiger partial charge in [0.05, 0.1) is 0 Å². The summed E-state index contributed by atoms with van der Waals surface area (Å²) in [6.07, 6.45) is 2.36. The predicted octanol–water partition coefficient (Wildman–Crippen LogP) is 5.78. The third-order valence-electron chi connectivity index (χ3n) is 4.69. The van der Waals surface area contributed by atoms with Gasteiger partial charge in [-0.1, -0.05) is 79.8 Å². The molecule has 4 rings (SSSR count). The van der Waals surface area contributed by atoms with Crippen molar-refractivity contribution in [2.24, 2.45) is 0 Å². The molecule has 1 heteroatoms. The van der Waals surface area contributed by atoms with Crippen LogP contribution in [-0.4, -0.2) is 13.6 Å².